The van der Waals surface area contributed by atoms with E-state index in [0.717, 1.165) is 11.4 Å². The van der Waals surface area contributed by atoms with Crippen molar-refractivity contribution in [3.63, 3.8) is 0 Å². The lowest BCUT2D eigenvalue weighted by Gasteiger charge is -2.04. The van der Waals surface area contributed by atoms with Crippen molar-refractivity contribution in [3.8, 4) is 0 Å². The minimum absolute atomic E-state index is 0.873. The lowest BCUT2D eigenvalue weighted by Crippen LogP contribution is -1.92. The lowest BCUT2D eigenvalue weighted by molar-refractivity contribution is 1.05. The molecule has 0 aliphatic rings. The van der Waals surface area contributed by atoms with Crippen LogP contribution in [0.4, 0.5) is 0 Å². The van der Waals surface area contributed by atoms with Gasteiger partial charge in [-0.05, 0) is 41.8 Å². The first-order valence-electron chi connectivity index (χ1n) is 6.88. The highest BCUT2D eigenvalue weighted by Crippen LogP contribution is 2.25. The smallest absolute Gasteiger partial charge is 0.101 e. The first-order chi connectivity index (χ1) is 10.3. The van der Waals surface area contributed by atoms with Crippen molar-refractivity contribution < 1.29 is 0 Å². The number of aryl methyl sites for hydroxylation is 1. The topological polar surface area (TPSA) is 25.8 Å². The molecule has 0 spiro atoms. The summed E-state index contributed by atoms with van der Waals surface area (Å²) >= 11 is 1.68. The molecule has 0 bridgehead atoms. The molecular formula is C18H16N2S. The van der Waals surface area contributed by atoms with E-state index in [1.54, 1.807) is 11.8 Å². The van der Waals surface area contributed by atoms with Crippen LogP contribution < -0.4 is 0 Å². The van der Waals surface area contributed by atoms with Gasteiger partial charge >= 0.3 is 0 Å². The van der Waals surface area contributed by atoms with Crippen LogP contribution in [-0.2, 0) is 6.42 Å². The van der Waals surface area contributed by atoms with Gasteiger partial charge in [0.2, 0.25) is 0 Å². The first-order valence-corrected chi connectivity index (χ1v) is 7.69. The highest BCUT2D eigenvalue weighted by Gasteiger charge is 2.01. The summed E-state index contributed by atoms with van der Waals surface area (Å²) in [5, 5.41) is 1.02. The Labute approximate surface area is 129 Å². The number of benzene rings is 1. The van der Waals surface area contributed by atoms with E-state index in [0.29, 0.717) is 0 Å². The van der Waals surface area contributed by atoms with Gasteiger partial charge in [0, 0.05) is 29.9 Å². The number of aromatic nitrogens is 2. The molecule has 3 heteroatoms. The van der Waals surface area contributed by atoms with Crippen molar-refractivity contribution in [1.29, 1.82) is 0 Å². The third kappa shape index (κ3) is 3.92. The number of nitrogens with zero attached hydrogens (tertiary/aromatic N) is 2. The minimum atomic E-state index is 0.873. The maximum atomic E-state index is 4.54. The summed E-state index contributed by atoms with van der Waals surface area (Å²) in [5.74, 6) is 0. The molecule has 0 N–H and O–H groups in total. The van der Waals surface area contributed by atoms with Crippen LogP contribution in [-0.4, -0.2) is 9.97 Å². The average Bonchev–Trinajstić information content (AvgIpc) is 2.50. The Balaban J connectivity index is 1.69. The molecule has 1 aromatic carbocycles. The first kappa shape index (κ1) is 13.8. The van der Waals surface area contributed by atoms with Gasteiger partial charge in [-0.2, -0.15) is 0 Å². The van der Waals surface area contributed by atoms with Gasteiger partial charge in [0.25, 0.3) is 0 Å². The van der Waals surface area contributed by atoms with E-state index in [2.05, 4.69) is 47.2 Å². The molecule has 3 rings (SSSR count). The zero-order chi connectivity index (χ0) is 14.5. The summed E-state index contributed by atoms with van der Waals surface area (Å²) < 4.78 is 0. The molecule has 21 heavy (non-hydrogen) atoms. The zero-order valence-electron chi connectivity index (χ0n) is 11.9. The van der Waals surface area contributed by atoms with E-state index in [-0.39, 0.29) is 0 Å². The fourth-order valence-corrected chi connectivity index (χ4v) is 2.91. The zero-order valence-corrected chi connectivity index (χ0v) is 12.7. The molecule has 0 atom stereocenters. The lowest BCUT2D eigenvalue weighted by atomic mass is 10.1. The second-order valence-corrected chi connectivity index (χ2v) is 6.06. The second kappa shape index (κ2) is 6.55. The van der Waals surface area contributed by atoms with E-state index < -0.39 is 0 Å². The van der Waals surface area contributed by atoms with Gasteiger partial charge in [0.1, 0.15) is 5.03 Å². The van der Waals surface area contributed by atoms with Crippen molar-refractivity contribution in [2.24, 2.45) is 0 Å². The van der Waals surface area contributed by atoms with Crippen LogP contribution in [0.1, 0.15) is 16.7 Å². The van der Waals surface area contributed by atoms with E-state index >= 15 is 0 Å². The Morgan fingerprint density at radius 1 is 0.905 bits per heavy atom. The standard InChI is InChI=1S/C18H16N2S/c1-14-9-16(12-19-11-14)10-15-7-8-18(20-13-15)21-17-5-3-2-4-6-17/h2-9,11-13H,10H2,1H3. The molecule has 2 nitrogen and oxygen atoms in total. The third-order valence-electron chi connectivity index (χ3n) is 3.10. The van der Waals surface area contributed by atoms with E-state index in [1.165, 1.54) is 21.6 Å². The average molecular weight is 292 g/mol. The molecule has 3 aromatic rings. The van der Waals surface area contributed by atoms with Gasteiger partial charge in [-0.15, -0.1) is 0 Å². The second-order valence-electron chi connectivity index (χ2n) is 4.97. The molecule has 0 amide bonds. The Hall–Kier alpha value is -2.13. The van der Waals surface area contributed by atoms with Crippen molar-refractivity contribution in [3.05, 3.63) is 83.8 Å². The molecule has 0 aliphatic carbocycles. The molecule has 0 radical (unpaired) electrons. The Morgan fingerprint density at radius 2 is 1.76 bits per heavy atom. The van der Waals surface area contributed by atoms with Crippen molar-refractivity contribution in [2.75, 3.05) is 0 Å². The van der Waals surface area contributed by atoms with E-state index in [1.807, 2.05) is 36.8 Å². The van der Waals surface area contributed by atoms with Gasteiger partial charge in [-0.3, -0.25) is 4.98 Å². The summed E-state index contributed by atoms with van der Waals surface area (Å²) in [5.41, 5.74) is 3.62. The van der Waals surface area contributed by atoms with Crippen molar-refractivity contribution in [1.82, 2.24) is 9.97 Å². The molecule has 2 aromatic heterocycles. The maximum Gasteiger partial charge on any atom is 0.101 e. The summed E-state index contributed by atoms with van der Waals surface area (Å²) in [7, 11) is 0. The van der Waals surface area contributed by atoms with E-state index in [4.69, 9.17) is 0 Å². The summed E-state index contributed by atoms with van der Waals surface area (Å²) in [4.78, 5) is 9.97. The monoisotopic (exact) mass is 292 g/mol. The van der Waals surface area contributed by atoms with Crippen LogP contribution in [0.5, 0.6) is 0 Å². The number of rotatable bonds is 4. The molecule has 0 fully saturated rings. The van der Waals surface area contributed by atoms with Gasteiger partial charge in [-0.25, -0.2) is 4.98 Å². The highest BCUT2D eigenvalue weighted by atomic mass is 32.2. The van der Waals surface area contributed by atoms with Crippen LogP contribution in [0.3, 0.4) is 0 Å². The third-order valence-corrected chi connectivity index (χ3v) is 4.06. The van der Waals surface area contributed by atoms with Crippen molar-refractivity contribution >= 4 is 11.8 Å². The van der Waals surface area contributed by atoms with Gasteiger partial charge < -0.3 is 0 Å². The van der Waals surface area contributed by atoms with Crippen LogP contribution in [0.25, 0.3) is 0 Å². The molecule has 0 saturated heterocycles. The summed E-state index contributed by atoms with van der Waals surface area (Å²) in [6.07, 6.45) is 6.62. The number of hydrogen-bond acceptors (Lipinski definition) is 3. The molecule has 0 saturated carbocycles. The molecule has 0 aliphatic heterocycles. The van der Waals surface area contributed by atoms with Crippen LogP contribution in [0.15, 0.2) is 77.0 Å². The predicted molar refractivity (Wildman–Crippen MR) is 86.6 cm³/mol. The highest BCUT2D eigenvalue weighted by molar-refractivity contribution is 7.99. The van der Waals surface area contributed by atoms with Crippen LogP contribution >= 0.6 is 11.8 Å². The van der Waals surface area contributed by atoms with Crippen molar-refractivity contribution in [2.45, 2.75) is 23.3 Å². The SMILES string of the molecule is Cc1cncc(Cc2ccc(Sc3ccccc3)nc2)c1. The quantitative estimate of drug-likeness (QED) is 0.706. The fourth-order valence-electron chi connectivity index (χ4n) is 2.14. The normalized spacial score (nSPS) is 10.5. The summed E-state index contributed by atoms with van der Waals surface area (Å²) in [6, 6.07) is 16.7. The van der Waals surface area contributed by atoms with E-state index in [9.17, 15) is 0 Å². The maximum absolute atomic E-state index is 4.54. The van der Waals surface area contributed by atoms with Crippen LogP contribution in [0.2, 0.25) is 0 Å². The largest absolute Gasteiger partial charge is 0.264 e. The Bertz CT molecular complexity index is 709. The molecule has 2 heterocycles. The minimum Gasteiger partial charge on any atom is -0.264 e. The molecule has 0 unspecified atom stereocenters. The molecule has 104 valence electrons. The van der Waals surface area contributed by atoms with Gasteiger partial charge in [0.05, 0.1) is 0 Å². The Kier molecular flexibility index (Phi) is 4.31. The van der Waals surface area contributed by atoms with Crippen LogP contribution in [0, 0.1) is 6.92 Å². The fraction of sp³-hybridized carbons (Fsp3) is 0.111. The van der Waals surface area contributed by atoms with Gasteiger partial charge in [-0.1, -0.05) is 42.1 Å². The Morgan fingerprint density at radius 3 is 2.48 bits per heavy atom. The molecular weight excluding hydrogens is 276 g/mol. The number of pyridine rings is 2. The number of hydrogen-bond donors (Lipinski definition) is 0. The predicted octanol–water partition coefficient (Wildman–Crippen LogP) is 4.53. The summed E-state index contributed by atoms with van der Waals surface area (Å²) in [6.45, 7) is 2.06. The van der Waals surface area contributed by atoms with Gasteiger partial charge in [0.15, 0.2) is 0 Å².